The van der Waals surface area contributed by atoms with Gasteiger partial charge >= 0.3 is 0 Å². The molecule has 1 unspecified atom stereocenters. The molecule has 0 saturated heterocycles. The first-order valence-corrected chi connectivity index (χ1v) is 7.88. The molecule has 5 nitrogen and oxygen atoms in total. The van der Waals surface area contributed by atoms with Crippen LogP contribution < -0.4 is 10.6 Å². The first-order chi connectivity index (χ1) is 9.61. The van der Waals surface area contributed by atoms with Crippen molar-refractivity contribution < 1.29 is 14.6 Å². The lowest BCUT2D eigenvalue weighted by molar-refractivity contribution is -0.120. The Morgan fingerprint density at radius 2 is 2.05 bits per heavy atom. The fourth-order valence-electron chi connectivity index (χ4n) is 2.46. The topological polar surface area (TPSA) is 70.6 Å². The van der Waals surface area contributed by atoms with E-state index in [4.69, 9.17) is 4.74 Å². The van der Waals surface area contributed by atoms with Crippen LogP contribution >= 0.6 is 0 Å². The van der Waals surface area contributed by atoms with Crippen LogP contribution in [-0.4, -0.2) is 49.5 Å². The molecule has 0 aromatic heterocycles. The molecule has 1 atom stereocenters. The van der Waals surface area contributed by atoms with E-state index in [9.17, 15) is 9.90 Å². The maximum Gasteiger partial charge on any atom is 0.221 e. The van der Waals surface area contributed by atoms with Gasteiger partial charge in [0.2, 0.25) is 5.91 Å². The normalized spacial score (nSPS) is 24.4. The van der Waals surface area contributed by atoms with Crippen LogP contribution in [0.1, 0.15) is 46.0 Å². The average molecular weight is 286 g/mol. The van der Waals surface area contributed by atoms with Crippen LogP contribution in [-0.2, 0) is 9.53 Å². The Bertz CT molecular complexity index is 266. The summed E-state index contributed by atoms with van der Waals surface area (Å²) in [7, 11) is 0. The number of carbonyl (C=O) groups excluding carboxylic acids is 1. The van der Waals surface area contributed by atoms with Crippen molar-refractivity contribution in [2.24, 2.45) is 5.92 Å². The molecule has 1 rings (SSSR count). The summed E-state index contributed by atoms with van der Waals surface area (Å²) in [6, 6.07) is 0. The third kappa shape index (κ3) is 7.82. The van der Waals surface area contributed by atoms with Gasteiger partial charge < -0.3 is 20.5 Å². The zero-order valence-corrected chi connectivity index (χ0v) is 12.9. The third-order valence-electron chi connectivity index (χ3n) is 3.77. The minimum Gasteiger partial charge on any atom is -0.389 e. The monoisotopic (exact) mass is 286 g/mol. The van der Waals surface area contributed by atoms with E-state index < -0.39 is 6.10 Å². The highest BCUT2D eigenvalue weighted by atomic mass is 16.5. The Balaban J connectivity index is 1.97. The molecule has 0 aromatic rings. The number of aliphatic hydroxyl groups is 1. The maximum absolute atomic E-state index is 11.2. The highest BCUT2D eigenvalue weighted by Gasteiger charge is 2.19. The van der Waals surface area contributed by atoms with Crippen molar-refractivity contribution in [3.8, 4) is 0 Å². The lowest BCUT2D eigenvalue weighted by Gasteiger charge is -2.27. The first-order valence-electron chi connectivity index (χ1n) is 7.88. The molecule has 0 spiro atoms. The van der Waals surface area contributed by atoms with Crippen molar-refractivity contribution in [1.82, 2.24) is 10.6 Å². The van der Waals surface area contributed by atoms with Gasteiger partial charge in [-0.05, 0) is 38.5 Å². The van der Waals surface area contributed by atoms with Gasteiger partial charge in [0, 0.05) is 26.1 Å². The van der Waals surface area contributed by atoms with E-state index in [0.29, 0.717) is 38.8 Å². The van der Waals surface area contributed by atoms with E-state index >= 15 is 0 Å². The Hall–Kier alpha value is -0.650. The van der Waals surface area contributed by atoms with Gasteiger partial charge in [0.05, 0.1) is 18.8 Å². The van der Waals surface area contributed by atoms with Gasteiger partial charge in [-0.3, -0.25) is 4.79 Å². The van der Waals surface area contributed by atoms with Crippen molar-refractivity contribution in [1.29, 1.82) is 0 Å². The van der Waals surface area contributed by atoms with E-state index in [2.05, 4.69) is 17.6 Å². The van der Waals surface area contributed by atoms with Gasteiger partial charge in [0.1, 0.15) is 0 Å². The lowest BCUT2D eigenvalue weighted by Crippen LogP contribution is -2.35. The number of hydrogen-bond acceptors (Lipinski definition) is 4. The molecule has 20 heavy (non-hydrogen) atoms. The van der Waals surface area contributed by atoms with Gasteiger partial charge in [-0.1, -0.05) is 6.92 Å². The number of aliphatic hydroxyl groups excluding tert-OH is 1. The van der Waals surface area contributed by atoms with Crippen molar-refractivity contribution in [2.75, 3.05) is 26.2 Å². The Morgan fingerprint density at radius 3 is 2.70 bits per heavy atom. The zero-order chi connectivity index (χ0) is 14.8. The fourth-order valence-corrected chi connectivity index (χ4v) is 2.46. The van der Waals surface area contributed by atoms with Crippen LogP contribution in [0.25, 0.3) is 0 Å². The molecule has 0 bridgehead atoms. The van der Waals surface area contributed by atoms with Gasteiger partial charge in [-0.2, -0.15) is 0 Å². The van der Waals surface area contributed by atoms with E-state index in [1.54, 1.807) is 0 Å². The summed E-state index contributed by atoms with van der Waals surface area (Å²) >= 11 is 0. The van der Waals surface area contributed by atoms with Crippen molar-refractivity contribution >= 4 is 5.91 Å². The van der Waals surface area contributed by atoms with Crippen LogP contribution in [0.5, 0.6) is 0 Å². The SMILES string of the molecule is CCNC(=O)CCNCC(O)COC1CCC(C)CC1. The predicted octanol–water partition coefficient (Wildman–Crippen LogP) is 1.06. The van der Waals surface area contributed by atoms with Crippen molar-refractivity contribution in [2.45, 2.75) is 58.2 Å². The van der Waals surface area contributed by atoms with Crippen LogP contribution in [0.2, 0.25) is 0 Å². The van der Waals surface area contributed by atoms with E-state index in [0.717, 1.165) is 18.8 Å². The summed E-state index contributed by atoms with van der Waals surface area (Å²) in [6.07, 6.45) is 4.94. The molecule has 1 fully saturated rings. The molecule has 3 N–H and O–H groups in total. The molecule has 1 amide bonds. The quantitative estimate of drug-likeness (QED) is 0.554. The molecular weight excluding hydrogens is 256 g/mol. The number of amides is 1. The van der Waals surface area contributed by atoms with Crippen LogP contribution in [0.3, 0.4) is 0 Å². The second-order valence-corrected chi connectivity index (χ2v) is 5.78. The largest absolute Gasteiger partial charge is 0.389 e. The van der Waals surface area contributed by atoms with Crippen molar-refractivity contribution in [3.63, 3.8) is 0 Å². The number of hydrogen-bond donors (Lipinski definition) is 3. The molecule has 0 aromatic carbocycles. The number of rotatable bonds is 9. The predicted molar refractivity (Wildman–Crippen MR) is 79.5 cm³/mol. The smallest absolute Gasteiger partial charge is 0.221 e. The van der Waals surface area contributed by atoms with Crippen LogP contribution in [0, 0.1) is 5.92 Å². The second-order valence-electron chi connectivity index (χ2n) is 5.78. The summed E-state index contributed by atoms with van der Waals surface area (Å²) in [5.41, 5.74) is 0. The molecule has 5 heteroatoms. The molecular formula is C15H30N2O3. The van der Waals surface area contributed by atoms with E-state index in [1.165, 1.54) is 12.8 Å². The molecule has 0 aliphatic heterocycles. The van der Waals surface area contributed by atoms with Gasteiger partial charge in [0.15, 0.2) is 0 Å². The number of carbonyl (C=O) groups is 1. The summed E-state index contributed by atoms with van der Waals surface area (Å²) in [6.45, 7) is 6.29. The third-order valence-corrected chi connectivity index (χ3v) is 3.77. The van der Waals surface area contributed by atoms with E-state index in [1.807, 2.05) is 6.92 Å². The Morgan fingerprint density at radius 1 is 1.35 bits per heavy atom. The van der Waals surface area contributed by atoms with Crippen LogP contribution in [0.4, 0.5) is 0 Å². The summed E-state index contributed by atoms with van der Waals surface area (Å²) in [5, 5.41) is 15.6. The standard InChI is InChI=1S/C15H30N2O3/c1-3-17-15(19)8-9-16-10-13(18)11-20-14-6-4-12(2)5-7-14/h12-14,16,18H,3-11H2,1-2H3,(H,17,19). The minimum absolute atomic E-state index is 0.0436. The fraction of sp³-hybridized carbons (Fsp3) is 0.933. The molecule has 0 heterocycles. The number of ether oxygens (including phenoxy) is 1. The first kappa shape index (κ1) is 17.4. The van der Waals surface area contributed by atoms with Gasteiger partial charge in [-0.15, -0.1) is 0 Å². The van der Waals surface area contributed by atoms with Gasteiger partial charge in [-0.25, -0.2) is 0 Å². The summed E-state index contributed by atoms with van der Waals surface area (Å²) in [5.74, 6) is 0.859. The van der Waals surface area contributed by atoms with Gasteiger partial charge in [0.25, 0.3) is 0 Å². The Labute approximate surface area is 122 Å². The van der Waals surface area contributed by atoms with Crippen molar-refractivity contribution in [3.05, 3.63) is 0 Å². The molecule has 0 radical (unpaired) electrons. The summed E-state index contributed by atoms with van der Waals surface area (Å²) in [4.78, 5) is 11.2. The highest BCUT2D eigenvalue weighted by molar-refractivity contribution is 5.75. The highest BCUT2D eigenvalue weighted by Crippen LogP contribution is 2.25. The zero-order valence-electron chi connectivity index (χ0n) is 12.9. The second kappa shape index (κ2) is 10.1. The van der Waals surface area contributed by atoms with E-state index in [-0.39, 0.29) is 5.91 Å². The summed E-state index contributed by atoms with van der Waals surface area (Å²) < 4.78 is 5.74. The van der Waals surface area contributed by atoms with Crippen LogP contribution in [0.15, 0.2) is 0 Å². The molecule has 1 saturated carbocycles. The lowest BCUT2D eigenvalue weighted by atomic mass is 9.89. The number of nitrogens with one attached hydrogen (secondary N) is 2. The Kier molecular flexibility index (Phi) is 8.82. The molecule has 1 aliphatic carbocycles. The molecule has 118 valence electrons. The minimum atomic E-state index is -0.497. The average Bonchev–Trinajstić information content (AvgIpc) is 2.43. The maximum atomic E-state index is 11.2. The molecule has 1 aliphatic rings.